The van der Waals surface area contributed by atoms with Gasteiger partial charge in [0.2, 0.25) is 5.91 Å². The summed E-state index contributed by atoms with van der Waals surface area (Å²) in [5.41, 5.74) is 1.06. The number of hydrogen-bond acceptors (Lipinski definition) is 4. The van der Waals surface area contributed by atoms with Crippen LogP contribution in [0.25, 0.3) is 0 Å². The molecular formula is C15H22KNO3S. The van der Waals surface area contributed by atoms with Gasteiger partial charge in [0.25, 0.3) is 0 Å². The van der Waals surface area contributed by atoms with Gasteiger partial charge in [-0.3, -0.25) is 4.79 Å². The number of aliphatic hydroxyl groups is 1. The first-order chi connectivity index (χ1) is 9.81. The molecule has 112 valence electrons. The number of unbranched alkanes of at least 4 members (excludes halogenated alkanes) is 1. The standard InChI is InChI=1S/C14H19NO3.CH4S.K/c16-9-4-3-7-14(17)15-8-10-18-13-6-2-1-5-12(13)11-15;1-2;/h1-2,5-6,16H,3-4,7-11H2;2H,1H3;/q;;+1/p-1. The molecule has 0 atom stereocenters. The third-order valence-corrected chi connectivity index (χ3v) is 3.10. The molecule has 0 spiro atoms. The molecule has 6 heteroatoms. The number of para-hydroxylation sites is 1. The molecule has 1 amide bonds. The number of ether oxygens (including phenoxy) is 1. The third kappa shape index (κ3) is 7.50. The minimum Gasteiger partial charge on any atom is -0.796 e. The van der Waals surface area contributed by atoms with Crippen molar-refractivity contribution in [3.05, 3.63) is 29.8 Å². The van der Waals surface area contributed by atoms with Gasteiger partial charge in [-0.15, -0.1) is 0 Å². The van der Waals surface area contributed by atoms with E-state index in [0.29, 0.717) is 32.5 Å². The number of carbonyl (C=O) groups is 1. The number of fused-ring (bicyclic) bond motifs is 1. The molecule has 1 aliphatic heterocycles. The fourth-order valence-electron chi connectivity index (χ4n) is 2.08. The van der Waals surface area contributed by atoms with Crippen molar-refractivity contribution < 1.29 is 66.0 Å². The van der Waals surface area contributed by atoms with Crippen molar-refractivity contribution in [2.24, 2.45) is 0 Å². The van der Waals surface area contributed by atoms with Crippen LogP contribution < -0.4 is 56.1 Å². The van der Waals surface area contributed by atoms with E-state index in [1.165, 1.54) is 0 Å². The molecular weight excluding hydrogens is 313 g/mol. The monoisotopic (exact) mass is 335 g/mol. The van der Waals surface area contributed by atoms with Crippen LogP contribution in [0.15, 0.2) is 24.3 Å². The van der Waals surface area contributed by atoms with Crippen molar-refractivity contribution in [2.45, 2.75) is 25.8 Å². The molecule has 0 fully saturated rings. The van der Waals surface area contributed by atoms with E-state index < -0.39 is 0 Å². The van der Waals surface area contributed by atoms with Gasteiger partial charge in [-0.1, -0.05) is 18.2 Å². The maximum absolute atomic E-state index is 12.0. The van der Waals surface area contributed by atoms with Gasteiger partial charge in [0.05, 0.1) is 6.54 Å². The molecule has 1 aromatic rings. The summed E-state index contributed by atoms with van der Waals surface area (Å²) in [7, 11) is 0. The molecule has 0 bridgehead atoms. The van der Waals surface area contributed by atoms with E-state index in [4.69, 9.17) is 9.84 Å². The van der Waals surface area contributed by atoms with Crippen LogP contribution in [0.5, 0.6) is 5.75 Å². The van der Waals surface area contributed by atoms with Gasteiger partial charge in [0.1, 0.15) is 12.4 Å². The Bertz CT molecular complexity index is 418. The molecule has 0 saturated heterocycles. The predicted molar refractivity (Wildman–Crippen MR) is 81.6 cm³/mol. The Morgan fingerprint density at radius 1 is 1.33 bits per heavy atom. The zero-order valence-corrected chi connectivity index (χ0v) is 16.8. The van der Waals surface area contributed by atoms with Crippen LogP contribution in [0, 0.1) is 0 Å². The topological polar surface area (TPSA) is 49.8 Å². The number of hydrogen-bond donors (Lipinski definition) is 1. The van der Waals surface area contributed by atoms with Crippen LogP contribution in [-0.4, -0.2) is 41.9 Å². The molecule has 1 aliphatic rings. The molecule has 0 aromatic heterocycles. The van der Waals surface area contributed by atoms with E-state index in [0.717, 1.165) is 17.7 Å². The zero-order chi connectivity index (χ0) is 14.8. The summed E-state index contributed by atoms with van der Waals surface area (Å²) in [6.45, 7) is 1.95. The summed E-state index contributed by atoms with van der Waals surface area (Å²) in [6, 6.07) is 7.84. The van der Waals surface area contributed by atoms with E-state index in [1.807, 2.05) is 29.2 Å². The molecule has 2 rings (SSSR count). The number of carbonyl (C=O) groups excluding carboxylic acids is 1. The molecule has 0 saturated carbocycles. The van der Waals surface area contributed by atoms with E-state index in [2.05, 4.69) is 12.6 Å². The van der Waals surface area contributed by atoms with Gasteiger partial charge in [-0.2, -0.15) is 6.26 Å². The summed E-state index contributed by atoms with van der Waals surface area (Å²) < 4.78 is 5.62. The number of rotatable bonds is 4. The second-order valence-electron chi connectivity index (χ2n) is 4.45. The molecule has 0 aliphatic carbocycles. The van der Waals surface area contributed by atoms with Gasteiger partial charge in [0, 0.05) is 25.1 Å². The van der Waals surface area contributed by atoms with Gasteiger partial charge >= 0.3 is 51.4 Å². The smallest absolute Gasteiger partial charge is 0.796 e. The molecule has 21 heavy (non-hydrogen) atoms. The van der Waals surface area contributed by atoms with Crippen molar-refractivity contribution in [3.8, 4) is 5.75 Å². The minimum absolute atomic E-state index is 0. The van der Waals surface area contributed by atoms with Crippen LogP contribution >= 0.6 is 0 Å². The van der Waals surface area contributed by atoms with Gasteiger partial charge in [-0.05, 0) is 18.9 Å². The van der Waals surface area contributed by atoms with E-state index in [9.17, 15) is 4.79 Å². The molecule has 0 radical (unpaired) electrons. The van der Waals surface area contributed by atoms with Crippen molar-refractivity contribution in [1.29, 1.82) is 0 Å². The molecule has 1 N–H and O–H groups in total. The Hall–Kier alpha value is 0.436. The fourth-order valence-corrected chi connectivity index (χ4v) is 2.08. The predicted octanol–water partition coefficient (Wildman–Crippen LogP) is -1.26. The quantitative estimate of drug-likeness (QED) is 0.424. The van der Waals surface area contributed by atoms with Crippen LogP contribution in [-0.2, 0) is 24.0 Å². The maximum Gasteiger partial charge on any atom is 1.00 e. The summed E-state index contributed by atoms with van der Waals surface area (Å²) in [5.74, 6) is 1.02. The number of nitrogens with zero attached hydrogens (tertiary/aromatic N) is 1. The molecule has 1 heterocycles. The average Bonchev–Trinajstić information content (AvgIpc) is 2.71. The summed E-state index contributed by atoms with van der Waals surface area (Å²) in [6.07, 6.45) is 3.52. The summed E-state index contributed by atoms with van der Waals surface area (Å²) >= 11 is 4.08. The van der Waals surface area contributed by atoms with Gasteiger partial charge in [-0.25, -0.2) is 0 Å². The molecule has 1 aromatic carbocycles. The van der Waals surface area contributed by atoms with Crippen LogP contribution in [0.2, 0.25) is 0 Å². The average molecular weight is 336 g/mol. The third-order valence-electron chi connectivity index (χ3n) is 3.10. The normalized spacial score (nSPS) is 12.8. The van der Waals surface area contributed by atoms with E-state index >= 15 is 0 Å². The van der Waals surface area contributed by atoms with Crippen LogP contribution in [0.3, 0.4) is 0 Å². The SMILES string of the molecule is C[S-].O=C(CCCCO)N1CCOc2ccccc2C1.[K+]. The largest absolute Gasteiger partial charge is 1.00 e. The molecule has 0 unspecified atom stereocenters. The Morgan fingerprint density at radius 3 is 2.76 bits per heavy atom. The zero-order valence-electron chi connectivity index (χ0n) is 12.9. The van der Waals surface area contributed by atoms with E-state index in [1.54, 1.807) is 6.26 Å². The number of benzene rings is 1. The Labute approximate surface area is 175 Å². The van der Waals surface area contributed by atoms with Crippen molar-refractivity contribution in [2.75, 3.05) is 26.0 Å². The maximum atomic E-state index is 12.0. The second kappa shape index (κ2) is 12.9. The second-order valence-corrected chi connectivity index (χ2v) is 4.45. The van der Waals surface area contributed by atoms with Gasteiger partial charge < -0.3 is 27.4 Å². The first-order valence-electron chi connectivity index (χ1n) is 6.81. The van der Waals surface area contributed by atoms with Crippen LogP contribution in [0.1, 0.15) is 24.8 Å². The molecule has 4 nitrogen and oxygen atoms in total. The van der Waals surface area contributed by atoms with Gasteiger partial charge in [0.15, 0.2) is 0 Å². The van der Waals surface area contributed by atoms with Crippen molar-refractivity contribution >= 4 is 18.5 Å². The first kappa shape index (κ1) is 21.4. The Kier molecular flexibility index (Phi) is 13.2. The summed E-state index contributed by atoms with van der Waals surface area (Å²) in [5, 5.41) is 8.72. The van der Waals surface area contributed by atoms with Crippen molar-refractivity contribution in [3.63, 3.8) is 0 Å². The van der Waals surface area contributed by atoms with E-state index in [-0.39, 0.29) is 63.9 Å². The number of aliphatic hydroxyl groups excluding tert-OH is 1. The van der Waals surface area contributed by atoms with Crippen LogP contribution in [0.4, 0.5) is 0 Å². The van der Waals surface area contributed by atoms with Crippen molar-refractivity contribution in [1.82, 2.24) is 4.90 Å². The fraction of sp³-hybridized carbons (Fsp3) is 0.533. The Morgan fingerprint density at radius 2 is 2.05 bits per heavy atom. The summed E-state index contributed by atoms with van der Waals surface area (Å²) in [4.78, 5) is 13.9. The minimum atomic E-state index is 0. The first-order valence-corrected chi connectivity index (χ1v) is 7.63. The Balaban J connectivity index is 0.00000128. The number of amides is 1.